The predicted molar refractivity (Wildman–Crippen MR) is 67.5 cm³/mol. The van der Waals surface area contributed by atoms with Crippen molar-refractivity contribution in [3.8, 4) is 11.5 Å². The average Bonchev–Trinajstić information content (AvgIpc) is 2.18. The van der Waals surface area contributed by atoms with Gasteiger partial charge < -0.3 is 14.8 Å². The Balaban J connectivity index is 2.88. The molecule has 1 rings (SSSR count). The highest BCUT2D eigenvalue weighted by Crippen LogP contribution is 2.30. The zero-order chi connectivity index (χ0) is 12.1. The van der Waals surface area contributed by atoms with Crippen molar-refractivity contribution in [2.24, 2.45) is 0 Å². The van der Waals surface area contributed by atoms with Crippen LogP contribution in [0, 0.1) is 0 Å². The number of nitrogens with one attached hydrogen (secondary N) is 1. The molecule has 0 saturated carbocycles. The number of rotatable bonds is 5. The van der Waals surface area contributed by atoms with Gasteiger partial charge in [-0.15, -0.1) is 0 Å². The molecule has 0 spiro atoms. The van der Waals surface area contributed by atoms with Gasteiger partial charge in [-0.05, 0) is 39.8 Å². The summed E-state index contributed by atoms with van der Waals surface area (Å²) in [5.41, 5.74) is 0.951. The fraction of sp³-hybridized carbons (Fsp3) is 0.538. The Morgan fingerprint density at radius 1 is 1.00 bits per heavy atom. The molecule has 0 fully saturated rings. The monoisotopic (exact) mass is 223 g/mol. The quantitative estimate of drug-likeness (QED) is 0.830. The van der Waals surface area contributed by atoms with Gasteiger partial charge in [-0.1, -0.05) is 0 Å². The largest absolute Gasteiger partial charge is 0.491 e. The van der Waals surface area contributed by atoms with E-state index in [9.17, 15) is 0 Å². The molecule has 1 N–H and O–H groups in total. The Labute approximate surface area is 97.8 Å². The normalized spacial score (nSPS) is 10.7. The van der Waals surface area contributed by atoms with Crippen LogP contribution in [0.5, 0.6) is 11.5 Å². The third-order valence-corrected chi connectivity index (χ3v) is 1.95. The van der Waals surface area contributed by atoms with Gasteiger partial charge >= 0.3 is 0 Å². The SMILES string of the molecule is CNc1cc(OC(C)C)ccc1OC(C)C. The van der Waals surface area contributed by atoms with Gasteiger partial charge in [-0.25, -0.2) is 0 Å². The molecule has 0 aliphatic heterocycles. The van der Waals surface area contributed by atoms with Gasteiger partial charge in [0.2, 0.25) is 0 Å². The van der Waals surface area contributed by atoms with E-state index in [4.69, 9.17) is 9.47 Å². The molecule has 0 saturated heterocycles. The standard InChI is InChI=1S/C13H21NO2/c1-9(2)15-11-6-7-13(16-10(3)4)12(8-11)14-5/h6-10,14H,1-5H3. The van der Waals surface area contributed by atoms with Crippen LogP contribution >= 0.6 is 0 Å². The van der Waals surface area contributed by atoms with E-state index < -0.39 is 0 Å². The molecular formula is C13H21NO2. The van der Waals surface area contributed by atoms with Crippen molar-refractivity contribution in [2.75, 3.05) is 12.4 Å². The zero-order valence-electron chi connectivity index (χ0n) is 10.7. The minimum absolute atomic E-state index is 0.170. The van der Waals surface area contributed by atoms with Crippen LogP contribution in [-0.2, 0) is 0 Å². The van der Waals surface area contributed by atoms with Crippen LogP contribution in [0.3, 0.4) is 0 Å². The third kappa shape index (κ3) is 3.65. The second-order valence-electron chi connectivity index (χ2n) is 4.24. The first-order valence-corrected chi connectivity index (χ1v) is 5.68. The van der Waals surface area contributed by atoms with E-state index in [2.05, 4.69) is 5.32 Å². The van der Waals surface area contributed by atoms with Crippen LogP contribution in [0.2, 0.25) is 0 Å². The Hall–Kier alpha value is -1.38. The van der Waals surface area contributed by atoms with E-state index in [-0.39, 0.29) is 12.2 Å². The first-order valence-electron chi connectivity index (χ1n) is 5.68. The highest BCUT2D eigenvalue weighted by molar-refractivity contribution is 5.59. The zero-order valence-corrected chi connectivity index (χ0v) is 10.7. The van der Waals surface area contributed by atoms with Crippen molar-refractivity contribution < 1.29 is 9.47 Å². The summed E-state index contributed by atoms with van der Waals surface area (Å²) in [5, 5.41) is 3.11. The molecule has 16 heavy (non-hydrogen) atoms. The third-order valence-electron chi connectivity index (χ3n) is 1.95. The predicted octanol–water partition coefficient (Wildman–Crippen LogP) is 3.30. The van der Waals surface area contributed by atoms with E-state index in [0.717, 1.165) is 17.2 Å². The Morgan fingerprint density at radius 3 is 2.12 bits per heavy atom. The molecular weight excluding hydrogens is 202 g/mol. The number of ether oxygens (including phenoxy) is 2. The Morgan fingerprint density at radius 2 is 1.62 bits per heavy atom. The van der Waals surface area contributed by atoms with Crippen molar-refractivity contribution in [2.45, 2.75) is 39.9 Å². The van der Waals surface area contributed by atoms with Crippen molar-refractivity contribution >= 4 is 5.69 Å². The van der Waals surface area contributed by atoms with Crippen LogP contribution in [0.25, 0.3) is 0 Å². The highest BCUT2D eigenvalue weighted by atomic mass is 16.5. The summed E-state index contributed by atoms with van der Waals surface area (Å²) in [6.07, 6.45) is 0.352. The first-order chi connectivity index (χ1) is 7.52. The lowest BCUT2D eigenvalue weighted by molar-refractivity contribution is 0.236. The molecule has 0 radical (unpaired) electrons. The lowest BCUT2D eigenvalue weighted by atomic mass is 10.2. The molecule has 1 aromatic carbocycles. The van der Waals surface area contributed by atoms with Gasteiger partial charge in [-0.3, -0.25) is 0 Å². The molecule has 0 aliphatic rings. The van der Waals surface area contributed by atoms with Gasteiger partial charge in [0.05, 0.1) is 17.9 Å². The van der Waals surface area contributed by atoms with Crippen LogP contribution in [0.15, 0.2) is 18.2 Å². The van der Waals surface area contributed by atoms with Crippen LogP contribution in [-0.4, -0.2) is 19.3 Å². The molecule has 0 atom stereocenters. The van der Waals surface area contributed by atoms with Gasteiger partial charge in [0.1, 0.15) is 11.5 Å². The van der Waals surface area contributed by atoms with E-state index in [0.29, 0.717) is 0 Å². The number of hydrogen-bond donors (Lipinski definition) is 1. The lowest BCUT2D eigenvalue weighted by Crippen LogP contribution is -2.09. The molecule has 0 unspecified atom stereocenters. The molecule has 0 amide bonds. The van der Waals surface area contributed by atoms with Crippen molar-refractivity contribution in [1.29, 1.82) is 0 Å². The van der Waals surface area contributed by atoms with E-state index >= 15 is 0 Å². The lowest BCUT2D eigenvalue weighted by Gasteiger charge is -2.16. The topological polar surface area (TPSA) is 30.5 Å². The minimum Gasteiger partial charge on any atom is -0.491 e. The van der Waals surface area contributed by atoms with E-state index in [1.807, 2.05) is 52.9 Å². The van der Waals surface area contributed by atoms with E-state index in [1.165, 1.54) is 0 Å². The summed E-state index contributed by atoms with van der Waals surface area (Å²) in [5.74, 6) is 1.71. The summed E-state index contributed by atoms with van der Waals surface area (Å²) in [7, 11) is 1.88. The number of hydrogen-bond acceptors (Lipinski definition) is 3. The molecule has 3 heteroatoms. The van der Waals surface area contributed by atoms with Crippen LogP contribution < -0.4 is 14.8 Å². The molecule has 0 aromatic heterocycles. The van der Waals surface area contributed by atoms with Gasteiger partial charge in [-0.2, -0.15) is 0 Å². The van der Waals surface area contributed by atoms with Crippen LogP contribution in [0.4, 0.5) is 5.69 Å². The Kier molecular flexibility index (Phi) is 4.47. The fourth-order valence-corrected chi connectivity index (χ4v) is 1.41. The summed E-state index contributed by atoms with van der Waals surface area (Å²) >= 11 is 0. The van der Waals surface area contributed by atoms with E-state index in [1.54, 1.807) is 0 Å². The van der Waals surface area contributed by atoms with Gasteiger partial charge in [0.15, 0.2) is 0 Å². The molecule has 90 valence electrons. The van der Waals surface area contributed by atoms with Crippen molar-refractivity contribution in [3.05, 3.63) is 18.2 Å². The maximum Gasteiger partial charge on any atom is 0.143 e. The van der Waals surface area contributed by atoms with Crippen molar-refractivity contribution in [1.82, 2.24) is 0 Å². The summed E-state index contributed by atoms with van der Waals surface area (Å²) < 4.78 is 11.3. The smallest absolute Gasteiger partial charge is 0.143 e. The second kappa shape index (κ2) is 5.64. The Bertz CT molecular complexity index is 335. The molecule has 1 aromatic rings. The maximum absolute atomic E-state index is 5.68. The van der Waals surface area contributed by atoms with Crippen molar-refractivity contribution in [3.63, 3.8) is 0 Å². The molecule has 0 bridgehead atoms. The molecule has 0 aliphatic carbocycles. The molecule has 0 heterocycles. The summed E-state index contributed by atoms with van der Waals surface area (Å²) in [6.45, 7) is 8.05. The fourth-order valence-electron chi connectivity index (χ4n) is 1.41. The summed E-state index contributed by atoms with van der Waals surface area (Å²) in [6, 6.07) is 5.82. The summed E-state index contributed by atoms with van der Waals surface area (Å²) in [4.78, 5) is 0. The van der Waals surface area contributed by atoms with Gasteiger partial charge in [0.25, 0.3) is 0 Å². The first kappa shape index (κ1) is 12.7. The maximum atomic E-state index is 5.68. The minimum atomic E-state index is 0.170. The number of benzene rings is 1. The number of anilines is 1. The molecule has 3 nitrogen and oxygen atoms in total. The van der Waals surface area contributed by atoms with Gasteiger partial charge in [0, 0.05) is 13.1 Å². The van der Waals surface area contributed by atoms with Crippen LogP contribution in [0.1, 0.15) is 27.7 Å². The highest BCUT2D eigenvalue weighted by Gasteiger charge is 2.07. The second-order valence-corrected chi connectivity index (χ2v) is 4.24. The average molecular weight is 223 g/mol.